The van der Waals surface area contributed by atoms with Crippen LogP contribution in [0.5, 0.6) is 0 Å². The maximum atomic E-state index is 13.3. The molecule has 0 amide bonds. The molecule has 2 heterocycles. The van der Waals surface area contributed by atoms with Crippen LogP contribution in [0.1, 0.15) is 203 Å². The summed E-state index contributed by atoms with van der Waals surface area (Å²) in [5, 5.41) is 12.1. The standard InChI is InChI=1S/C44H78O8/c1-9-11-12-13-14-15-16-17-18-19-20-21-22-23-24-26-37(46)50-36-28-30-44(8,52-38(47)25-10-2)41-39-34(32(3)4)27-29-43(7,51-33(5)45)40(39)35(49-41)31-42(36,6)48/h32,34-36,39-41,48H,9-31H2,1-8H3/t34-,35-,36+,39-,40-,41-,42+,43-,44-/m1/s1. The summed E-state index contributed by atoms with van der Waals surface area (Å²) in [5.41, 5.74) is -3.20. The van der Waals surface area contributed by atoms with Gasteiger partial charge in [-0.25, -0.2) is 0 Å². The van der Waals surface area contributed by atoms with Crippen molar-refractivity contribution in [3.8, 4) is 0 Å². The van der Waals surface area contributed by atoms with Crippen molar-refractivity contribution in [2.75, 3.05) is 0 Å². The van der Waals surface area contributed by atoms with Crippen molar-refractivity contribution in [3.63, 3.8) is 0 Å². The molecular formula is C44H78O8. The minimum absolute atomic E-state index is 0.0393. The van der Waals surface area contributed by atoms with Crippen molar-refractivity contribution in [1.29, 1.82) is 0 Å². The van der Waals surface area contributed by atoms with Gasteiger partial charge in [0, 0.05) is 38.0 Å². The molecule has 0 unspecified atom stereocenters. The zero-order valence-electron chi connectivity index (χ0n) is 34.6. The quantitative estimate of drug-likeness (QED) is 0.0665. The predicted molar refractivity (Wildman–Crippen MR) is 207 cm³/mol. The molecule has 3 aliphatic rings. The lowest BCUT2D eigenvalue weighted by Gasteiger charge is -2.51. The number of hydrogen-bond donors (Lipinski definition) is 1. The average molecular weight is 735 g/mol. The van der Waals surface area contributed by atoms with Gasteiger partial charge in [-0.3, -0.25) is 14.4 Å². The molecule has 0 aromatic heterocycles. The van der Waals surface area contributed by atoms with Crippen LogP contribution in [0.3, 0.4) is 0 Å². The molecule has 0 spiro atoms. The Labute approximate surface area is 317 Å². The number of hydrogen-bond acceptors (Lipinski definition) is 8. The highest BCUT2D eigenvalue weighted by atomic mass is 16.6. The van der Waals surface area contributed by atoms with Gasteiger partial charge >= 0.3 is 17.9 Å². The number of esters is 3. The molecular weight excluding hydrogens is 656 g/mol. The Morgan fingerprint density at radius 3 is 1.77 bits per heavy atom. The third-order valence-electron chi connectivity index (χ3n) is 12.8. The molecule has 0 radical (unpaired) electrons. The smallest absolute Gasteiger partial charge is 0.306 e. The SMILES string of the molecule is CCCCCCCCCCCCCCCCCC(=O)O[C@H]1CC[C@@](C)(OC(=O)CCC)[C@@H]2O[C@H](C[C@]1(C)O)[C@@H]1[C@H]2[C@@H](C(C)C)CC[C@@]1(C)OC(C)=O. The number of fused-ring (bicyclic) bond motifs is 5. The highest BCUT2D eigenvalue weighted by Gasteiger charge is 2.65. The minimum atomic E-state index is -1.39. The van der Waals surface area contributed by atoms with Gasteiger partial charge < -0.3 is 24.1 Å². The molecule has 1 saturated carbocycles. The second-order valence-electron chi connectivity index (χ2n) is 17.9. The monoisotopic (exact) mass is 735 g/mol. The van der Waals surface area contributed by atoms with Crippen LogP contribution in [-0.2, 0) is 33.3 Å². The Hall–Kier alpha value is -1.67. The van der Waals surface area contributed by atoms with E-state index in [1.807, 2.05) is 20.8 Å². The van der Waals surface area contributed by atoms with E-state index in [1.165, 1.54) is 84.0 Å². The molecule has 8 heteroatoms. The molecule has 52 heavy (non-hydrogen) atoms. The molecule has 2 aliphatic heterocycles. The predicted octanol–water partition coefficient (Wildman–Crippen LogP) is 10.6. The van der Waals surface area contributed by atoms with Gasteiger partial charge in [0.25, 0.3) is 0 Å². The van der Waals surface area contributed by atoms with Crippen LogP contribution in [0.15, 0.2) is 0 Å². The maximum Gasteiger partial charge on any atom is 0.306 e. The fourth-order valence-corrected chi connectivity index (χ4v) is 9.93. The summed E-state index contributed by atoms with van der Waals surface area (Å²) in [6, 6.07) is 0. The Morgan fingerprint density at radius 2 is 1.25 bits per heavy atom. The molecule has 2 saturated heterocycles. The zero-order valence-corrected chi connectivity index (χ0v) is 34.6. The van der Waals surface area contributed by atoms with Gasteiger partial charge in [-0.2, -0.15) is 0 Å². The van der Waals surface area contributed by atoms with Gasteiger partial charge in [-0.15, -0.1) is 0 Å². The largest absolute Gasteiger partial charge is 0.459 e. The first-order valence-corrected chi connectivity index (χ1v) is 21.7. The van der Waals surface area contributed by atoms with E-state index in [1.54, 1.807) is 6.92 Å². The van der Waals surface area contributed by atoms with Gasteiger partial charge in [0.2, 0.25) is 0 Å². The zero-order chi connectivity index (χ0) is 38.4. The summed E-state index contributed by atoms with van der Waals surface area (Å²) in [6.45, 7) is 15.8. The molecule has 2 bridgehead atoms. The second kappa shape index (κ2) is 21.4. The molecule has 302 valence electrons. The molecule has 8 nitrogen and oxygen atoms in total. The summed E-state index contributed by atoms with van der Waals surface area (Å²) in [4.78, 5) is 38.9. The van der Waals surface area contributed by atoms with E-state index in [9.17, 15) is 19.5 Å². The number of carbonyl (C=O) groups is 3. The topological polar surface area (TPSA) is 108 Å². The van der Waals surface area contributed by atoms with Crippen LogP contribution in [0, 0.1) is 23.7 Å². The van der Waals surface area contributed by atoms with E-state index in [4.69, 9.17) is 18.9 Å². The number of aliphatic hydroxyl groups is 1. The maximum absolute atomic E-state index is 13.3. The van der Waals surface area contributed by atoms with Crippen LogP contribution in [0.25, 0.3) is 0 Å². The fourth-order valence-electron chi connectivity index (χ4n) is 9.93. The van der Waals surface area contributed by atoms with Crippen LogP contribution >= 0.6 is 0 Å². The third-order valence-corrected chi connectivity index (χ3v) is 12.8. The second-order valence-corrected chi connectivity index (χ2v) is 17.9. The van der Waals surface area contributed by atoms with Crippen LogP contribution < -0.4 is 0 Å². The van der Waals surface area contributed by atoms with Crippen molar-refractivity contribution in [3.05, 3.63) is 0 Å². The minimum Gasteiger partial charge on any atom is -0.459 e. The first-order chi connectivity index (χ1) is 24.7. The highest BCUT2D eigenvalue weighted by Crippen LogP contribution is 2.58. The van der Waals surface area contributed by atoms with Gasteiger partial charge in [0.1, 0.15) is 29.0 Å². The van der Waals surface area contributed by atoms with E-state index >= 15 is 0 Å². The van der Waals surface area contributed by atoms with Crippen molar-refractivity contribution in [2.45, 2.75) is 238 Å². The van der Waals surface area contributed by atoms with Crippen molar-refractivity contribution >= 4 is 17.9 Å². The Morgan fingerprint density at radius 1 is 0.712 bits per heavy atom. The van der Waals surface area contributed by atoms with E-state index in [-0.39, 0.29) is 42.1 Å². The molecule has 0 aromatic carbocycles. The summed E-state index contributed by atoms with van der Waals surface area (Å²) in [5.74, 6) is -0.563. The lowest BCUT2D eigenvalue weighted by molar-refractivity contribution is -0.186. The summed E-state index contributed by atoms with van der Waals surface area (Å²) in [6.07, 6.45) is 21.0. The lowest BCUT2D eigenvalue weighted by atomic mass is 9.57. The number of carbonyl (C=O) groups excluding carboxylic acids is 3. The Bertz CT molecular complexity index is 1090. The van der Waals surface area contributed by atoms with Crippen LogP contribution in [0.4, 0.5) is 0 Å². The Balaban J connectivity index is 1.61. The van der Waals surface area contributed by atoms with Crippen LogP contribution in [-0.4, -0.2) is 58.1 Å². The highest BCUT2D eigenvalue weighted by molar-refractivity contribution is 5.70. The number of unbranched alkanes of at least 4 members (excludes halogenated alkanes) is 14. The van der Waals surface area contributed by atoms with Gasteiger partial charge in [-0.05, 0) is 71.1 Å². The van der Waals surface area contributed by atoms with E-state index in [0.717, 1.165) is 25.7 Å². The lowest BCUT2D eigenvalue weighted by Crippen LogP contribution is -2.58. The van der Waals surface area contributed by atoms with Gasteiger partial charge in [-0.1, -0.05) is 118 Å². The molecule has 3 rings (SSSR count). The van der Waals surface area contributed by atoms with Crippen molar-refractivity contribution in [2.24, 2.45) is 23.7 Å². The number of rotatable bonds is 22. The molecule has 1 N–H and O–H groups in total. The normalized spacial score (nSPS) is 33.1. The van der Waals surface area contributed by atoms with Gasteiger partial charge in [0.05, 0.1) is 6.10 Å². The van der Waals surface area contributed by atoms with E-state index in [0.29, 0.717) is 44.4 Å². The van der Waals surface area contributed by atoms with Crippen molar-refractivity contribution in [1.82, 2.24) is 0 Å². The first kappa shape index (κ1) is 44.7. The van der Waals surface area contributed by atoms with E-state index in [2.05, 4.69) is 20.8 Å². The summed E-state index contributed by atoms with van der Waals surface area (Å²) < 4.78 is 25.5. The average Bonchev–Trinajstić information content (AvgIpc) is 3.45. The van der Waals surface area contributed by atoms with Gasteiger partial charge in [0.15, 0.2) is 0 Å². The third kappa shape index (κ3) is 13.0. The fraction of sp³-hybridized carbons (Fsp3) is 0.932. The van der Waals surface area contributed by atoms with Crippen molar-refractivity contribution < 1.29 is 38.4 Å². The summed E-state index contributed by atoms with van der Waals surface area (Å²) in [7, 11) is 0. The molecule has 0 aromatic rings. The van der Waals surface area contributed by atoms with E-state index < -0.39 is 35.1 Å². The number of ether oxygens (including phenoxy) is 4. The molecule has 1 aliphatic carbocycles. The molecule has 3 fully saturated rings. The van der Waals surface area contributed by atoms with Crippen LogP contribution in [0.2, 0.25) is 0 Å². The summed E-state index contributed by atoms with van der Waals surface area (Å²) >= 11 is 0. The first-order valence-electron chi connectivity index (χ1n) is 21.7. The Kier molecular flexibility index (Phi) is 18.4. The molecule has 9 atom stereocenters.